The highest BCUT2D eigenvalue weighted by molar-refractivity contribution is 7.13. The van der Waals surface area contributed by atoms with Crippen molar-refractivity contribution >= 4 is 16.5 Å². The van der Waals surface area contributed by atoms with Crippen molar-refractivity contribution in [3.8, 4) is 0 Å². The fourth-order valence-electron chi connectivity index (χ4n) is 2.00. The molecule has 0 amide bonds. The van der Waals surface area contributed by atoms with E-state index in [2.05, 4.69) is 15.2 Å². The van der Waals surface area contributed by atoms with Crippen molar-refractivity contribution in [2.45, 2.75) is 24.8 Å². The van der Waals surface area contributed by atoms with E-state index in [9.17, 15) is 8.78 Å². The maximum Gasteiger partial charge on any atom is 0.282 e. The molecule has 2 N–H and O–H groups in total. The van der Waals surface area contributed by atoms with Gasteiger partial charge in [-0.15, -0.1) is 11.3 Å². The van der Waals surface area contributed by atoms with E-state index in [1.807, 2.05) is 5.38 Å². The van der Waals surface area contributed by atoms with E-state index in [1.54, 1.807) is 17.5 Å². The monoisotopic (exact) mass is 277 g/mol. The fraction of sp³-hybridized carbons (Fsp3) is 0.727. The van der Waals surface area contributed by atoms with Crippen molar-refractivity contribution in [1.82, 2.24) is 10.3 Å². The number of rotatable bonds is 5. The first kappa shape index (κ1) is 13.6. The summed E-state index contributed by atoms with van der Waals surface area (Å²) in [5.41, 5.74) is 0. The van der Waals surface area contributed by atoms with Gasteiger partial charge in [0.05, 0.1) is 6.54 Å². The molecule has 1 saturated heterocycles. The molecule has 18 heavy (non-hydrogen) atoms. The van der Waals surface area contributed by atoms with Gasteiger partial charge in [0.15, 0.2) is 5.13 Å². The van der Waals surface area contributed by atoms with E-state index in [4.69, 9.17) is 5.11 Å². The second-order valence-electron chi connectivity index (χ2n) is 4.47. The van der Waals surface area contributed by atoms with Crippen LogP contribution in [0, 0.1) is 0 Å². The molecule has 0 spiro atoms. The van der Waals surface area contributed by atoms with Crippen LogP contribution >= 0.6 is 11.3 Å². The van der Waals surface area contributed by atoms with E-state index >= 15 is 0 Å². The third kappa shape index (κ3) is 3.60. The zero-order chi connectivity index (χ0) is 13.0. The van der Waals surface area contributed by atoms with Gasteiger partial charge in [0.25, 0.3) is 5.92 Å². The number of alkyl halides is 2. The molecule has 0 atom stereocenters. The molecule has 1 fully saturated rings. The van der Waals surface area contributed by atoms with Gasteiger partial charge in [0, 0.05) is 30.7 Å². The average molecular weight is 277 g/mol. The number of hydrogen-bond acceptors (Lipinski definition) is 5. The van der Waals surface area contributed by atoms with Gasteiger partial charge in [-0.05, 0) is 12.8 Å². The van der Waals surface area contributed by atoms with Crippen molar-refractivity contribution in [3.63, 3.8) is 0 Å². The van der Waals surface area contributed by atoms with Crippen molar-refractivity contribution in [2.24, 2.45) is 0 Å². The molecule has 0 bridgehead atoms. The van der Waals surface area contributed by atoms with Gasteiger partial charge in [-0.25, -0.2) is 13.8 Å². The molecule has 7 heteroatoms. The van der Waals surface area contributed by atoms with Gasteiger partial charge < -0.3 is 15.3 Å². The smallest absolute Gasteiger partial charge is 0.282 e. The molecule has 102 valence electrons. The molecule has 0 aliphatic carbocycles. The maximum atomic E-state index is 12.9. The Balaban J connectivity index is 1.74. The van der Waals surface area contributed by atoms with Crippen molar-refractivity contribution in [2.75, 3.05) is 31.1 Å². The lowest BCUT2D eigenvalue weighted by Gasteiger charge is -2.32. The fourth-order valence-corrected chi connectivity index (χ4v) is 2.69. The van der Waals surface area contributed by atoms with Crippen molar-refractivity contribution in [3.05, 3.63) is 11.6 Å². The summed E-state index contributed by atoms with van der Waals surface area (Å²) in [6.45, 7) is 0.106. The number of aliphatic hydroxyl groups excluding tert-OH is 1. The van der Waals surface area contributed by atoms with Crippen molar-refractivity contribution in [1.29, 1.82) is 0 Å². The maximum absolute atomic E-state index is 12.9. The SMILES string of the molecule is OCC(F)(F)CNC1CCN(c2nccs2)CC1. The summed E-state index contributed by atoms with van der Waals surface area (Å²) in [6.07, 6.45) is 3.41. The first-order valence-electron chi connectivity index (χ1n) is 5.97. The Kier molecular flexibility index (Phi) is 4.47. The van der Waals surface area contributed by atoms with Gasteiger partial charge in [-0.2, -0.15) is 0 Å². The number of piperidine rings is 1. The summed E-state index contributed by atoms with van der Waals surface area (Å²) in [4.78, 5) is 6.41. The predicted molar refractivity (Wildman–Crippen MR) is 67.4 cm³/mol. The Hall–Kier alpha value is -0.790. The Morgan fingerprint density at radius 1 is 1.50 bits per heavy atom. The Morgan fingerprint density at radius 2 is 2.22 bits per heavy atom. The van der Waals surface area contributed by atoms with Crippen LogP contribution in [-0.2, 0) is 0 Å². The number of halogens is 2. The molecule has 2 rings (SSSR count). The summed E-state index contributed by atoms with van der Waals surface area (Å²) in [5, 5.41) is 14.2. The van der Waals surface area contributed by atoms with E-state index in [0.717, 1.165) is 31.1 Å². The molecule has 1 aliphatic rings. The highest BCUT2D eigenvalue weighted by atomic mass is 32.1. The van der Waals surface area contributed by atoms with Crippen LogP contribution in [0.4, 0.5) is 13.9 Å². The quantitative estimate of drug-likeness (QED) is 0.852. The third-order valence-corrected chi connectivity index (χ3v) is 3.90. The number of anilines is 1. The van der Waals surface area contributed by atoms with E-state index in [0.29, 0.717) is 0 Å². The van der Waals surface area contributed by atoms with E-state index in [-0.39, 0.29) is 6.04 Å². The van der Waals surface area contributed by atoms with Crippen LogP contribution < -0.4 is 10.2 Å². The molecule has 0 unspecified atom stereocenters. The molecule has 4 nitrogen and oxygen atoms in total. The molecule has 2 heterocycles. The number of aromatic nitrogens is 1. The minimum absolute atomic E-state index is 0.0960. The first-order chi connectivity index (χ1) is 8.61. The number of nitrogens with zero attached hydrogens (tertiary/aromatic N) is 2. The molecule has 0 saturated carbocycles. The van der Waals surface area contributed by atoms with Crippen LogP contribution in [0.5, 0.6) is 0 Å². The van der Waals surface area contributed by atoms with Gasteiger partial charge in [-0.1, -0.05) is 0 Å². The summed E-state index contributed by atoms with van der Waals surface area (Å²) < 4.78 is 25.8. The number of hydrogen-bond donors (Lipinski definition) is 2. The number of aliphatic hydroxyl groups is 1. The molecular weight excluding hydrogens is 260 g/mol. The molecule has 1 aromatic rings. The van der Waals surface area contributed by atoms with Gasteiger partial charge in [0.2, 0.25) is 0 Å². The lowest BCUT2D eigenvalue weighted by Crippen LogP contribution is -2.47. The summed E-state index contributed by atoms with van der Waals surface area (Å²) in [7, 11) is 0. The van der Waals surface area contributed by atoms with Crippen LogP contribution in [0.15, 0.2) is 11.6 Å². The minimum atomic E-state index is -3.02. The normalized spacial score (nSPS) is 18.3. The molecule has 0 radical (unpaired) electrons. The highest BCUT2D eigenvalue weighted by Crippen LogP contribution is 2.22. The van der Waals surface area contributed by atoms with Crippen LogP contribution in [0.25, 0.3) is 0 Å². The molecule has 0 aromatic carbocycles. The third-order valence-electron chi connectivity index (χ3n) is 3.07. The molecular formula is C11H17F2N3OS. The van der Waals surface area contributed by atoms with Crippen LogP contribution in [0.1, 0.15) is 12.8 Å². The van der Waals surface area contributed by atoms with E-state index in [1.165, 1.54) is 0 Å². The highest BCUT2D eigenvalue weighted by Gasteiger charge is 2.29. The summed E-state index contributed by atoms with van der Waals surface area (Å²) in [5.74, 6) is -3.02. The van der Waals surface area contributed by atoms with Gasteiger partial charge >= 0.3 is 0 Å². The van der Waals surface area contributed by atoms with Gasteiger partial charge in [-0.3, -0.25) is 0 Å². The Morgan fingerprint density at radius 3 is 2.78 bits per heavy atom. The first-order valence-corrected chi connectivity index (χ1v) is 6.85. The number of nitrogens with one attached hydrogen (secondary N) is 1. The second-order valence-corrected chi connectivity index (χ2v) is 5.34. The van der Waals surface area contributed by atoms with Crippen molar-refractivity contribution < 1.29 is 13.9 Å². The second kappa shape index (κ2) is 5.90. The Bertz CT molecular complexity index is 353. The predicted octanol–water partition coefficient (Wildman–Crippen LogP) is 1.33. The number of thiazole rings is 1. The zero-order valence-electron chi connectivity index (χ0n) is 9.98. The van der Waals surface area contributed by atoms with Crippen LogP contribution in [0.2, 0.25) is 0 Å². The van der Waals surface area contributed by atoms with E-state index < -0.39 is 19.1 Å². The lowest BCUT2D eigenvalue weighted by atomic mass is 10.1. The summed E-state index contributed by atoms with van der Waals surface area (Å²) in [6, 6.07) is 0.0960. The van der Waals surface area contributed by atoms with Crippen LogP contribution in [-0.4, -0.2) is 48.3 Å². The average Bonchev–Trinajstić information content (AvgIpc) is 2.91. The largest absolute Gasteiger partial charge is 0.390 e. The zero-order valence-corrected chi connectivity index (χ0v) is 10.8. The Labute approximate surface area is 109 Å². The van der Waals surface area contributed by atoms with Crippen LogP contribution in [0.3, 0.4) is 0 Å². The summed E-state index contributed by atoms with van der Waals surface area (Å²) >= 11 is 1.59. The molecule has 1 aliphatic heterocycles. The topological polar surface area (TPSA) is 48.4 Å². The minimum Gasteiger partial charge on any atom is -0.390 e. The molecule has 1 aromatic heterocycles. The standard InChI is InChI=1S/C11H17F2N3OS/c12-11(13,8-17)7-15-9-1-4-16(5-2-9)10-14-3-6-18-10/h3,6,9,15,17H,1-2,4-5,7-8H2. The lowest BCUT2D eigenvalue weighted by molar-refractivity contribution is -0.0497. The van der Waals surface area contributed by atoms with Gasteiger partial charge in [0.1, 0.15) is 6.61 Å².